The molecular weight excluding hydrogens is 454 g/mol. The van der Waals surface area contributed by atoms with Crippen molar-refractivity contribution >= 4 is 46.5 Å². The van der Waals surface area contributed by atoms with Gasteiger partial charge in [0.25, 0.3) is 11.8 Å². The lowest BCUT2D eigenvalue weighted by Gasteiger charge is -2.22. The summed E-state index contributed by atoms with van der Waals surface area (Å²) in [6, 6.07) is 17.1. The number of carbonyl (C=O) groups is 3. The fraction of sp³-hybridized carbons (Fsp3) is 0.160. The second-order valence-corrected chi connectivity index (χ2v) is 8.87. The summed E-state index contributed by atoms with van der Waals surface area (Å²) in [4.78, 5) is 38.4. The number of anilines is 3. The molecule has 34 heavy (non-hydrogen) atoms. The highest BCUT2D eigenvalue weighted by Crippen LogP contribution is 2.38. The molecule has 0 fully saturated rings. The first-order valence-corrected chi connectivity index (χ1v) is 11.3. The largest absolute Gasteiger partial charge is 0.494 e. The number of methoxy groups -OCH3 is 2. The summed E-state index contributed by atoms with van der Waals surface area (Å²) in [7, 11) is 2.93. The van der Waals surface area contributed by atoms with Crippen molar-refractivity contribution < 1.29 is 23.9 Å². The van der Waals surface area contributed by atoms with Crippen molar-refractivity contribution in [3.63, 3.8) is 0 Å². The highest BCUT2D eigenvalue weighted by molar-refractivity contribution is 8.00. The van der Waals surface area contributed by atoms with E-state index in [1.807, 2.05) is 19.1 Å². The summed E-state index contributed by atoms with van der Waals surface area (Å²) < 4.78 is 10.9. The van der Waals surface area contributed by atoms with Crippen molar-refractivity contribution in [2.45, 2.75) is 17.1 Å². The molecule has 4 rings (SSSR count). The molecule has 3 N–H and O–H groups in total. The first-order chi connectivity index (χ1) is 16.4. The summed E-state index contributed by atoms with van der Waals surface area (Å²) in [5.41, 5.74) is 2.23. The molecule has 0 unspecified atom stereocenters. The van der Waals surface area contributed by atoms with Crippen molar-refractivity contribution in [3.05, 3.63) is 71.8 Å². The molecule has 174 valence electrons. The molecule has 3 aromatic rings. The Hall–Kier alpha value is -3.98. The Balaban J connectivity index is 1.57. The molecule has 1 heterocycles. The van der Waals surface area contributed by atoms with Crippen LogP contribution in [0.15, 0.2) is 65.6 Å². The fourth-order valence-corrected chi connectivity index (χ4v) is 4.35. The van der Waals surface area contributed by atoms with Crippen molar-refractivity contribution in [2.24, 2.45) is 0 Å². The molecule has 0 saturated carbocycles. The minimum Gasteiger partial charge on any atom is -0.494 e. The Morgan fingerprint density at radius 1 is 0.853 bits per heavy atom. The summed E-state index contributed by atoms with van der Waals surface area (Å²) in [5, 5.41) is 8.26. The van der Waals surface area contributed by atoms with Gasteiger partial charge in [-0.3, -0.25) is 14.4 Å². The van der Waals surface area contributed by atoms with Gasteiger partial charge in [0.1, 0.15) is 11.5 Å². The standard InChI is InChI=1S/C25H23N3O5S/c1-14-23(29)28-19-11-16(9-10-22(19)34-14)25(31)27-18-13-20(32-2)17(12-21(18)33-3)26-24(30)15-7-5-4-6-8-15/h4-14H,1-3H3,(H,26,30)(H,27,31)(H,28,29)/t14-/m0/s1. The number of benzene rings is 3. The Labute approximate surface area is 201 Å². The zero-order valence-electron chi connectivity index (χ0n) is 18.8. The molecule has 8 nitrogen and oxygen atoms in total. The van der Waals surface area contributed by atoms with Gasteiger partial charge in [0.05, 0.1) is 36.5 Å². The monoisotopic (exact) mass is 477 g/mol. The molecule has 0 bridgehead atoms. The van der Waals surface area contributed by atoms with Crippen LogP contribution in [0.3, 0.4) is 0 Å². The van der Waals surface area contributed by atoms with Crippen LogP contribution in [0, 0.1) is 0 Å². The predicted octanol–water partition coefficient (Wildman–Crippen LogP) is 4.64. The van der Waals surface area contributed by atoms with Crippen LogP contribution in [-0.2, 0) is 4.79 Å². The van der Waals surface area contributed by atoms with E-state index in [9.17, 15) is 14.4 Å². The SMILES string of the molecule is COc1cc(NC(=O)c2ccc3c(c2)NC(=O)[C@H](C)S3)c(OC)cc1NC(=O)c1ccccc1. The molecule has 1 atom stereocenters. The van der Waals surface area contributed by atoms with Crippen molar-refractivity contribution in [3.8, 4) is 11.5 Å². The number of ether oxygens (including phenoxy) is 2. The highest BCUT2D eigenvalue weighted by atomic mass is 32.2. The van der Waals surface area contributed by atoms with E-state index in [1.54, 1.807) is 48.5 Å². The highest BCUT2D eigenvalue weighted by Gasteiger charge is 2.24. The maximum absolute atomic E-state index is 13.0. The van der Waals surface area contributed by atoms with E-state index < -0.39 is 0 Å². The summed E-state index contributed by atoms with van der Waals surface area (Å²) >= 11 is 1.45. The second-order valence-electron chi connectivity index (χ2n) is 7.49. The number of thioether (sulfide) groups is 1. The third-order valence-corrected chi connectivity index (χ3v) is 6.40. The maximum Gasteiger partial charge on any atom is 0.255 e. The van der Waals surface area contributed by atoms with Gasteiger partial charge in [-0.2, -0.15) is 0 Å². The molecule has 1 aliphatic heterocycles. The van der Waals surface area contributed by atoms with Crippen LogP contribution in [-0.4, -0.2) is 37.2 Å². The number of hydrogen-bond donors (Lipinski definition) is 3. The Kier molecular flexibility index (Phi) is 6.74. The molecule has 0 aromatic heterocycles. The fourth-order valence-electron chi connectivity index (χ4n) is 3.42. The molecule has 3 aromatic carbocycles. The topological polar surface area (TPSA) is 106 Å². The number of hydrogen-bond acceptors (Lipinski definition) is 6. The third-order valence-electron chi connectivity index (χ3n) is 5.23. The van der Waals surface area contributed by atoms with E-state index in [0.717, 1.165) is 4.90 Å². The van der Waals surface area contributed by atoms with Gasteiger partial charge in [-0.25, -0.2) is 0 Å². The van der Waals surface area contributed by atoms with Gasteiger partial charge in [-0.15, -0.1) is 11.8 Å². The van der Waals surface area contributed by atoms with Crippen LogP contribution in [0.4, 0.5) is 17.1 Å². The van der Waals surface area contributed by atoms with Crippen molar-refractivity contribution in [2.75, 3.05) is 30.2 Å². The van der Waals surface area contributed by atoms with Gasteiger partial charge in [0.2, 0.25) is 5.91 Å². The predicted molar refractivity (Wildman–Crippen MR) is 132 cm³/mol. The van der Waals surface area contributed by atoms with Gasteiger partial charge in [-0.1, -0.05) is 18.2 Å². The molecule has 0 spiro atoms. The van der Waals surface area contributed by atoms with Crippen LogP contribution in [0.1, 0.15) is 27.6 Å². The molecule has 0 aliphatic carbocycles. The first-order valence-electron chi connectivity index (χ1n) is 10.4. The Morgan fingerprint density at radius 2 is 1.44 bits per heavy atom. The van der Waals surface area contributed by atoms with Crippen LogP contribution in [0.5, 0.6) is 11.5 Å². The summed E-state index contributed by atoms with van der Waals surface area (Å²) in [6.45, 7) is 1.83. The number of amides is 3. The van der Waals surface area contributed by atoms with E-state index >= 15 is 0 Å². The van der Waals surface area contributed by atoms with Crippen LogP contribution in [0.25, 0.3) is 0 Å². The first kappa shape index (κ1) is 23.2. The van der Waals surface area contributed by atoms with E-state index in [0.29, 0.717) is 39.7 Å². The average molecular weight is 478 g/mol. The lowest BCUT2D eigenvalue weighted by Crippen LogP contribution is -2.26. The van der Waals surface area contributed by atoms with E-state index in [2.05, 4.69) is 16.0 Å². The van der Waals surface area contributed by atoms with E-state index in [4.69, 9.17) is 9.47 Å². The number of nitrogens with one attached hydrogen (secondary N) is 3. The maximum atomic E-state index is 13.0. The second kappa shape index (κ2) is 9.88. The normalized spacial score (nSPS) is 14.4. The number of carbonyl (C=O) groups excluding carboxylic acids is 3. The van der Waals surface area contributed by atoms with Crippen LogP contribution < -0.4 is 25.4 Å². The zero-order chi connectivity index (χ0) is 24.2. The lowest BCUT2D eigenvalue weighted by molar-refractivity contribution is -0.115. The van der Waals surface area contributed by atoms with Gasteiger partial charge in [0, 0.05) is 28.2 Å². The quantitative estimate of drug-likeness (QED) is 0.478. The Bertz CT molecular complexity index is 1260. The minimum atomic E-state index is -0.387. The average Bonchev–Trinajstić information content (AvgIpc) is 2.85. The molecule has 0 saturated heterocycles. The van der Waals surface area contributed by atoms with Crippen molar-refractivity contribution in [1.29, 1.82) is 0 Å². The number of rotatable bonds is 6. The molecule has 3 amide bonds. The number of fused-ring (bicyclic) bond motifs is 1. The van der Waals surface area contributed by atoms with E-state index in [1.165, 1.54) is 26.0 Å². The summed E-state index contributed by atoms with van der Waals surface area (Å²) in [6.07, 6.45) is 0. The lowest BCUT2D eigenvalue weighted by atomic mass is 10.1. The molecule has 1 aliphatic rings. The Morgan fingerprint density at radius 3 is 2.03 bits per heavy atom. The van der Waals surface area contributed by atoms with Crippen molar-refractivity contribution in [1.82, 2.24) is 0 Å². The van der Waals surface area contributed by atoms with Gasteiger partial charge in [-0.05, 0) is 37.3 Å². The van der Waals surface area contributed by atoms with Crippen LogP contribution in [0.2, 0.25) is 0 Å². The van der Waals surface area contributed by atoms with Gasteiger partial charge in [0.15, 0.2) is 0 Å². The van der Waals surface area contributed by atoms with E-state index in [-0.39, 0.29) is 23.0 Å². The zero-order valence-corrected chi connectivity index (χ0v) is 19.6. The third kappa shape index (κ3) is 4.84. The molecule has 0 radical (unpaired) electrons. The van der Waals surface area contributed by atoms with Gasteiger partial charge >= 0.3 is 0 Å². The molecule has 9 heteroatoms. The smallest absolute Gasteiger partial charge is 0.255 e. The summed E-state index contributed by atoms with van der Waals surface area (Å²) in [5.74, 6) is -0.102. The van der Waals surface area contributed by atoms with Crippen LogP contribution >= 0.6 is 11.8 Å². The molecular formula is C25H23N3O5S. The van der Waals surface area contributed by atoms with Gasteiger partial charge < -0.3 is 25.4 Å². The minimum absolute atomic E-state index is 0.102.